The Morgan fingerprint density at radius 2 is 1.86 bits per heavy atom. The Hall–Kier alpha value is -4.00. The van der Waals surface area contributed by atoms with E-state index in [1.807, 2.05) is 47.1 Å². The van der Waals surface area contributed by atoms with Crippen molar-refractivity contribution < 1.29 is 9.72 Å². The molecule has 138 valence electrons. The summed E-state index contributed by atoms with van der Waals surface area (Å²) in [6.07, 6.45) is 3.87. The van der Waals surface area contributed by atoms with Gasteiger partial charge >= 0.3 is 0 Å². The Balaban J connectivity index is 1.56. The molecule has 0 radical (unpaired) electrons. The van der Waals surface area contributed by atoms with Crippen LogP contribution in [0, 0.1) is 17.0 Å². The first-order valence-electron chi connectivity index (χ1n) is 8.62. The van der Waals surface area contributed by atoms with Gasteiger partial charge in [0.05, 0.1) is 10.6 Å². The number of hydrogen-bond acceptors (Lipinski definition) is 4. The fraction of sp³-hybridized carbons (Fsp3) is 0.0476. The number of carbonyl (C=O) groups is 1. The van der Waals surface area contributed by atoms with E-state index < -0.39 is 4.92 Å². The first-order valence-corrected chi connectivity index (χ1v) is 8.62. The van der Waals surface area contributed by atoms with Gasteiger partial charge in [-0.3, -0.25) is 14.9 Å². The van der Waals surface area contributed by atoms with E-state index >= 15 is 0 Å². The van der Waals surface area contributed by atoms with Crippen molar-refractivity contribution in [2.75, 3.05) is 5.32 Å². The van der Waals surface area contributed by atoms with Gasteiger partial charge in [0.2, 0.25) is 0 Å². The highest BCUT2D eigenvalue weighted by molar-refractivity contribution is 6.05. The lowest BCUT2D eigenvalue weighted by atomic mass is 10.1. The normalized spacial score (nSPS) is 10.8. The molecular formula is C21H16N4O3. The molecule has 0 unspecified atom stereocenters. The Labute approximate surface area is 160 Å². The number of anilines is 1. The number of rotatable bonds is 4. The van der Waals surface area contributed by atoms with Gasteiger partial charge in [-0.15, -0.1) is 0 Å². The van der Waals surface area contributed by atoms with E-state index in [0.717, 1.165) is 16.9 Å². The number of nitro groups is 1. The lowest BCUT2D eigenvalue weighted by molar-refractivity contribution is -0.385. The predicted octanol–water partition coefficient (Wildman–Crippen LogP) is 4.47. The molecule has 2 aromatic heterocycles. The van der Waals surface area contributed by atoms with Gasteiger partial charge in [0, 0.05) is 40.8 Å². The highest BCUT2D eigenvalue weighted by Crippen LogP contribution is 2.24. The van der Waals surface area contributed by atoms with Gasteiger partial charge in [-0.2, -0.15) is 0 Å². The summed E-state index contributed by atoms with van der Waals surface area (Å²) in [6.45, 7) is 1.57. The van der Waals surface area contributed by atoms with E-state index in [1.54, 1.807) is 25.1 Å². The number of nitrogens with one attached hydrogen (secondary N) is 1. The molecule has 2 aromatic carbocycles. The van der Waals surface area contributed by atoms with Gasteiger partial charge in [0.1, 0.15) is 5.65 Å². The molecule has 1 N–H and O–H groups in total. The van der Waals surface area contributed by atoms with Crippen LogP contribution in [0.15, 0.2) is 73.1 Å². The quantitative estimate of drug-likeness (QED) is 0.423. The van der Waals surface area contributed by atoms with Gasteiger partial charge in [-0.05, 0) is 37.3 Å². The maximum atomic E-state index is 12.5. The SMILES string of the molecule is Cc1c(C(=O)Nc2ccc(-c3cn4ccccc4n3)cc2)cccc1[N+](=O)[O-]. The zero-order chi connectivity index (χ0) is 19.7. The van der Waals surface area contributed by atoms with Gasteiger partial charge < -0.3 is 9.72 Å². The van der Waals surface area contributed by atoms with E-state index in [0.29, 0.717) is 11.3 Å². The molecule has 0 saturated heterocycles. The second kappa shape index (κ2) is 6.96. The van der Waals surface area contributed by atoms with Crippen molar-refractivity contribution in [3.63, 3.8) is 0 Å². The van der Waals surface area contributed by atoms with Crippen LogP contribution in [0.3, 0.4) is 0 Å². The van der Waals surface area contributed by atoms with E-state index in [-0.39, 0.29) is 17.2 Å². The zero-order valence-electron chi connectivity index (χ0n) is 15.0. The van der Waals surface area contributed by atoms with Gasteiger partial charge in [-0.1, -0.05) is 24.3 Å². The van der Waals surface area contributed by atoms with E-state index in [9.17, 15) is 14.9 Å². The van der Waals surface area contributed by atoms with Crippen LogP contribution in [0.4, 0.5) is 11.4 Å². The van der Waals surface area contributed by atoms with Crippen molar-refractivity contribution in [3.8, 4) is 11.3 Å². The number of imidazole rings is 1. The number of fused-ring (bicyclic) bond motifs is 1. The predicted molar refractivity (Wildman–Crippen MR) is 106 cm³/mol. The fourth-order valence-electron chi connectivity index (χ4n) is 3.06. The van der Waals surface area contributed by atoms with Crippen LogP contribution in [-0.2, 0) is 0 Å². The maximum Gasteiger partial charge on any atom is 0.273 e. The summed E-state index contributed by atoms with van der Waals surface area (Å²) in [5.74, 6) is -0.387. The lowest BCUT2D eigenvalue weighted by Crippen LogP contribution is -2.14. The molecule has 1 amide bonds. The number of amides is 1. The van der Waals surface area contributed by atoms with E-state index in [4.69, 9.17) is 0 Å². The number of hydrogen-bond donors (Lipinski definition) is 1. The fourth-order valence-corrected chi connectivity index (χ4v) is 3.06. The highest BCUT2D eigenvalue weighted by atomic mass is 16.6. The third-order valence-corrected chi connectivity index (χ3v) is 4.55. The number of nitrogens with zero attached hydrogens (tertiary/aromatic N) is 3. The third-order valence-electron chi connectivity index (χ3n) is 4.55. The number of pyridine rings is 1. The van der Waals surface area contributed by atoms with Gasteiger partial charge in [0.15, 0.2) is 0 Å². The van der Waals surface area contributed by atoms with Crippen molar-refractivity contribution in [1.82, 2.24) is 9.38 Å². The molecule has 0 atom stereocenters. The topological polar surface area (TPSA) is 89.5 Å². The molecule has 0 aliphatic heterocycles. The Morgan fingerprint density at radius 3 is 2.57 bits per heavy atom. The van der Waals surface area contributed by atoms with Gasteiger partial charge in [-0.25, -0.2) is 4.98 Å². The van der Waals surface area contributed by atoms with Crippen LogP contribution in [0.1, 0.15) is 15.9 Å². The lowest BCUT2D eigenvalue weighted by Gasteiger charge is -2.08. The molecule has 0 bridgehead atoms. The Bertz CT molecular complexity index is 1160. The van der Waals surface area contributed by atoms with Crippen LogP contribution in [0.2, 0.25) is 0 Å². The summed E-state index contributed by atoms with van der Waals surface area (Å²) >= 11 is 0. The zero-order valence-corrected chi connectivity index (χ0v) is 15.0. The van der Waals surface area contributed by atoms with Crippen molar-refractivity contribution >= 4 is 22.9 Å². The summed E-state index contributed by atoms with van der Waals surface area (Å²) in [5, 5.41) is 13.8. The van der Waals surface area contributed by atoms with Crippen molar-refractivity contribution in [2.24, 2.45) is 0 Å². The highest BCUT2D eigenvalue weighted by Gasteiger charge is 2.18. The van der Waals surface area contributed by atoms with Crippen molar-refractivity contribution in [3.05, 3.63) is 94.3 Å². The van der Waals surface area contributed by atoms with E-state index in [1.165, 1.54) is 12.1 Å². The van der Waals surface area contributed by atoms with Crippen molar-refractivity contribution in [1.29, 1.82) is 0 Å². The molecule has 4 aromatic rings. The monoisotopic (exact) mass is 372 g/mol. The first kappa shape index (κ1) is 17.4. The van der Waals surface area contributed by atoms with Crippen molar-refractivity contribution in [2.45, 2.75) is 6.92 Å². The summed E-state index contributed by atoms with van der Waals surface area (Å²) in [7, 11) is 0. The number of aromatic nitrogens is 2. The Morgan fingerprint density at radius 1 is 1.07 bits per heavy atom. The minimum Gasteiger partial charge on any atom is -0.322 e. The van der Waals surface area contributed by atoms with Crippen LogP contribution in [-0.4, -0.2) is 20.2 Å². The van der Waals surface area contributed by atoms with Gasteiger partial charge in [0.25, 0.3) is 11.6 Å². The molecule has 0 aliphatic carbocycles. The molecule has 2 heterocycles. The van der Waals surface area contributed by atoms with Crippen LogP contribution in [0.25, 0.3) is 16.9 Å². The summed E-state index contributed by atoms with van der Waals surface area (Å²) in [5.41, 5.74) is 3.76. The molecule has 0 spiro atoms. The molecule has 7 heteroatoms. The van der Waals surface area contributed by atoms with Crippen LogP contribution < -0.4 is 5.32 Å². The molecule has 4 rings (SSSR count). The van der Waals surface area contributed by atoms with E-state index in [2.05, 4.69) is 10.3 Å². The summed E-state index contributed by atoms with van der Waals surface area (Å²) < 4.78 is 1.94. The minimum atomic E-state index is -0.490. The molecule has 0 fully saturated rings. The summed E-state index contributed by atoms with van der Waals surface area (Å²) in [4.78, 5) is 27.7. The van der Waals surface area contributed by atoms with Crippen LogP contribution >= 0.6 is 0 Å². The number of nitro benzene ring substituents is 1. The molecule has 0 aliphatic rings. The molecule has 28 heavy (non-hydrogen) atoms. The second-order valence-corrected chi connectivity index (χ2v) is 6.33. The largest absolute Gasteiger partial charge is 0.322 e. The average molecular weight is 372 g/mol. The second-order valence-electron chi connectivity index (χ2n) is 6.33. The maximum absolute atomic E-state index is 12.5. The minimum absolute atomic E-state index is 0.0742. The van der Waals surface area contributed by atoms with Crippen LogP contribution in [0.5, 0.6) is 0 Å². The number of carbonyl (C=O) groups excluding carboxylic acids is 1. The standard InChI is InChI=1S/C21H16N4O3/c1-14-17(5-4-6-19(14)25(27)28)21(26)22-16-10-8-15(9-11-16)18-13-24-12-3-2-7-20(24)23-18/h2-13H,1H3,(H,22,26). The average Bonchev–Trinajstić information content (AvgIpc) is 3.12. The third kappa shape index (κ3) is 3.21. The molecular weight excluding hydrogens is 356 g/mol. The molecule has 0 saturated carbocycles. The summed E-state index contributed by atoms with van der Waals surface area (Å²) in [6, 6.07) is 17.6. The smallest absolute Gasteiger partial charge is 0.273 e. The number of benzene rings is 2. The Kier molecular flexibility index (Phi) is 4.33. The molecule has 7 nitrogen and oxygen atoms in total. The first-order chi connectivity index (χ1) is 13.5.